The molecule has 1 aromatic heterocycles. The maximum atomic E-state index is 12.2. The molecule has 11 heteroatoms. The van der Waals surface area contributed by atoms with Gasteiger partial charge in [-0.1, -0.05) is 29.3 Å². The van der Waals surface area contributed by atoms with Crippen LogP contribution in [0.2, 0.25) is 10.2 Å². The minimum atomic E-state index is -3.66. The van der Waals surface area contributed by atoms with Crippen molar-refractivity contribution in [1.29, 1.82) is 0 Å². The zero-order valence-corrected chi connectivity index (χ0v) is 17.5. The number of nitrogens with zero attached hydrogens (tertiary/aromatic N) is 2. The predicted octanol–water partition coefficient (Wildman–Crippen LogP) is 2.74. The summed E-state index contributed by atoms with van der Waals surface area (Å²) in [6, 6.07) is 7.12. The maximum Gasteiger partial charge on any atom is 0.359 e. The number of halogens is 2. The summed E-state index contributed by atoms with van der Waals surface area (Å²) < 4.78 is 30.4. The molecule has 0 atom stereocenters. The van der Waals surface area contributed by atoms with Crippen molar-refractivity contribution >= 4 is 50.8 Å². The fraction of sp³-hybridized carbons (Fsp3) is 0.235. The number of rotatable bonds is 6. The molecular formula is C17H17Cl2N3O5S. The fourth-order valence-electron chi connectivity index (χ4n) is 2.05. The minimum absolute atomic E-state index is 0.0188. The Kier molecular flexibility index (Phi) is 7.00. The molecule has 28 heavy (non-hydrogen) atoms. The van der Waals surface area contributed by atoms with E-state index < -0.39 is 28.5 Å². The van der Waals surface area contributed by atoms with Gasteiger partial charge in [-0.3, -0.25) is 4.79 Å². The summed E-state index contributed by atoms with van der Waals surface area (Å²) in [6.45, 7) is 1.08. The molecular weight excluding hydrogens is 429 g/mol. The summed E-state index contributed by atoms with van der Waals surface area (Å²) in [5.41, 5.74) is 0.706. The van der Waals surface area contributed by atoms with Crippen molar-refractivity contribution in [3.05, 3.63) is 51.8 Å². The first-order valence-corrected chi connectivity index (χ1v) is 10.0. The number of hydrogen-bond donors (Lipinski definition) is 1. The number of carbonyl (C=O) groups excluding carboxylic acids is 2. The Hall–Kier alpha value is -2.20. The van der Waals surface area contributed by atoms with Crippen molar-refractivity contribution in [1.82, 2.24) is 9.29 Å². The van der Waals surface area contributed by atoms with Crippen molar-refractivity contribution < 1.29 is 22.7 Å². The average Bonchev–Trinajstić information content (AvgIpc) is 2.63. The quantitative estimate of drug-likeness (QED) is 0.541. The second kappa shape index (κ2) is 8.87. The lowest BCUT2D eigenvalue weighted by molar-refractivity contribution is -0.119. The van der Waals surface area contributed by atoms with Crippen LogP contribution in [-0.2, 0) is 19.6 Å². The minimum Gasteiger partial charge on any atom is -0.451 e. The van der Waals surface area contributed by atoms with Gasteiger partial charge in [-0.2, -0.15) is 0 Å². The SMILES string of the molecule is Cc1ccc(S(=O)(=O)N(C)C)cc1NC(=O)COC(=O)c1nc(Cl)ccc1Cl. The molecule has 2 aromatic rings. The van der Waals surface area contributed by atoms with Gasteiger partial charge in [-0.25, -0.2) is 22.5 Å². The molecule has 0 fully saturated rings. The molecule has 150 valence electrons. The number of carbonyl (C=O) groups is 2. The standard InChI is InChI=1S/C17H17Cl2N3O5S/c1-10-4-5-11(28(25,26)22(2)3)8-13(10)20-15(23)9-27-17(24)16-12(18)6-7-14(19)21-16/h4-8H,9H2,1-3H3,(H,20,23). The number of aryl methyl sites for hydroxylation is 1. The third-order valence-corrected chi connectivity index (χ3v) is 5.93. The van der Waals surface area contributed by atoms with Gasteiger partial charge in [0.05, 0.1) is 9.92 Å². The number of aromatic nitrogens is 1. The van der Waals surface area contributed by atoms with Gasteiger partial charge in [-0.05, 0) is 36.8 Å². The number of anilines is 1. The van der Waals surface area contributed by atoms with Gasteiger partial charge < -0.3 is 10.1 Å². The van der Waals surface area contributed by atoms with Crippen LogP contribution in [0.1, 0.15) is 16.1 Å². The van der Waals surface area contributed by atoms with E-state index in [1.165, 1.54) is 38.4 Å². The first kappa shape index (κ1) is 22.1. The van der Waals surface area contributed by atoms with Crippen LogP contribution in [0.3, 0.4) is 0 Å². The van der Waals surface area contributed by atoms with E-state index in [4.69, 9.17) is 27.9 Å². The summed E-state index contributed by atoms with van der Waals surface area (Å²) in [6.07, 6.45) is 0. The zero-order chi connectivity index (χ0) is 21.1. The highest BCUT2D eigenvalue weighted by molar-refractivity contribution is 7.89. The van der Waals surface area contributed by atoms with Crippen molar-refractivity contribution in [3.8, 4) is 0 Å². The Balaban J connectivity index is 2.09. The Morgan fingerprint density at radius 3 is 2.50 bits per heavy atom. The largest absolute Gasteiger partial charge is 0.451 e. The van der Waals surface area contributed by atoms with Gasteiger partial charge in [0, 0.05) is 19.8 Å². The molecule has 0 bridgehead atoms. The molecule has 0 saturated carbocycles. The monoisotopic (exact) mass is 445 g/mol. The van der Waals surface area contributed by atoms with E-state index in [2.05, 4.69) is 10.3 Å². The molecule has 1 heterocycles. The normalized spacial score (nSPS) is 11.4. The van der Waals surface area contributed by atoms with Crippen LogP contribution >= 0.6 is 23.2 Å². The average molecular weight is 446 g/mol. The first-order valence-electron chi connectivity index (χ1n) is 7.84. The van der Waals surface area contributed by atoms with Crippen LogP contribution < -0.4 is 5.32 Å². The van der Waals surface area contributed by atoms with Crippen LogP contribution in [0.25, 0.3) is 0 Å². The topological polar surface area (TPSA) is 106 Å². The number of hydrogen-bond acceptors (Lipinski definition) is 6. The van der Waals surface area contributed by atoms with Gasteiger partial charge in [0.1, 0.15) is 5.15 Å². The molecule has 8 nitrogen and oxygen atoms in total. The van der Waals surface area contributed by atoms with Crippen molar-refractivity contribution in [2.75, 3.05) is 26.0 Å². The van der Waals surface area contributed by atoms with E-state index in [0.717, 1.165) is 4.31 Å². The highest BCUT2D eigenvalue weighted by atomic mass is 35.5. The van der Waals surface area contributed by atoms with Gasteiger partial charge in [0.25, 0.3) is 5.91 Å². The molecule has 0 aliphatic heterocycles. The van der Waals surface area contributed by atoms with E-state index in [0.29, 0.717) is 5.56 Å². The third kappa shape index (κ3) is 5.20. The Morgan fingerprint density at radius 1 is 1.18 bits per heavy atom. The Morgan fingerprint density at radius 2 is 1.86 bits per heavy atom. The molecule has 0 unspecified atom stereocenters. The summed E-state index contributed by atoms with van der Waals surface area (Å²) in [5.74, 6) is -1.57. The molecule has 2 rings (SSSR count). The van der Waals surface area contributed by atoms with Gasteiger partial charge in [-0.15, -0.1) is 0 Å². The summed E-state index contributed by atoms with van der Waals surface area (Å²) in [7, 11) is -0.852. The van der Waals surface area contributed by atoms with Crippen LogP contribution in [0, 0.1) is 6.92 Å². The van der Waals surface area contributed by atoms with E-state index in [-0.39, 0.29) is 26.5 Å². The Bertz CT molecular complexity index is 1030. The maximum absolute atomic E-state index is 12.2. The van der Waals surface area contributed by atoms with Crippen LogP contribution in [0.4, 0.5) is 5.69 Å². The molecule has 0 saturated heterocycles. The summed E-state index contributed by atoms with van der Waals surface area (Å²) in [5, 5.41) is 2.60. The van der Waals surface area contributed by atoms with Crippen LogP contribution in [0.15, 0.2) is 35.2 Å². The van der Waals surface area contributed by atoms with Gasteiger partial charge >= 0.3 is 5.97 Å². The predicted molar refractivity (Wildman–Crippen MR) is 105 cm³/mol. The first-order chi connectivity index (χ1) is 13.0. The van der Waals surface area contributed by atoms with E-state index in [1.54, 1.807) is 13.0 Å². The number of amides is 1. The van der Waals surface area contributed by atoms with Gasteiger partial charge in [0.2, 0.25) is 10.0 Å². The third-order valence-electron chi connectivity index (χ3n) is 3.60. The molecule has 1 amide bonds. The number of sulfonamides is 1. The fourth-order valence-corrected chi connectivity index (χ4v) is 3.31. The van der Waals surface area contributed by atoms with E-state index >= 15 is 0 Å². The van der Waals surface area contributed by atoms with Crippen molar-refractivity contribution in [2.45, 2.75) is 11.8 Å². The smallest absolute Gasteiger partial charge is 0.359 e. The Labute approximate surface area is 172 Å². The van der Waals surface area contributed by atoms with Crippen LogP contribution in [0.5, 0.6) is 0 Å². The number of nitrogens with one attached hydrogen (secondary N) is 1. The lowest BCUT2D eigenvalue weighted by Crippen LogP contribution is -2.24. The second-order valence-corrected chi connectivity index (χ2v) is 8.80. The number of ether oxygens (including phenoxy) is 1. The molecule has 0 radical (unpaired) electrons. The molecule has 1 N–H and O–H groups in total. The van der Waals surface area contributed by atoms with E-state index in [1.807, 2.05) is 0 Å². The second-order valence-electron chi connectivity index (χ2n) is 5.85. The lowest BCUT2D eigenvalue weighted by atomic mass is 10.2. The zero-order valence-electron chi connectivity index (χ0n) is 15.2. The van der Waals surface area contributed by atoms with E-state index in [9.17, 15) is 18.0 Å². The molecule has 1 aromatic carbocycles. The summed E-state index contributed by atoms with van der Waals surface area (Å²) >= 11 is 11.6. The van der Waals surface area contributed by atoms with Crippen LogP contribution in [-0.4, -0.2) is 50.3 Å². The highest BCUT2D eigenvalue weighted by Gasteiger charge is 2.20. The molecule has 0 spiro atoms. The number of esters is 1. The highest BCUT2D eigenvalue weighted by Crippen LogP contribution is 2.22. The molecule has 0 aliphatic carbocycles. The van der Waals surface area contributed by atoms with Crippen molar-refractivity contribution in [3.63, 3.8) is 0 Å². The lowest BCUT2D eigenvalue weighted by Gasteiger charge is -2.14. The number of benzene rings is 1. The van der Waals surface area contributed by atoms with Gasteiger partial charge in [0.15, 0.2) is 12.3 Å². The summed E-state index contributed by atoms with van der Waals surface area (Å²) in [4.78, 5) is 27.9. The number of pyridine rings is 1. The molecule has 0 aliphatic rings. The van der Waals surface area contributed by atoms with Crippen molar-refractivity contribution in [2.24, 2.45) is 0 Å².